The van der Waals surface area contributed by atoms with Crippen molar-refractivity contribution in [2.24, 2.45) is 0 Å². The Hall–Kier alpha value is -1.26. The fourth-order valence-corrected chi connectivity index (χ4v) is 2.80. The summed E-state index contributed by atoms with van der Waals surface area (Å²) in [7, 11) is 0. The molecule has 0 radical (unpaired) electrons. The molecule has 18 heavy (non-hydrogen) atoms. The zero-order valence-electron chi connectivity index (χ0n) is 10.5. The number of benzene rings is 1. The number of rotatable bonds is 2. The van der Waals surface area contributed by atoms with Gasteiger partial charge in [-0.15, -0.1) is 0 Å². The highest BCUT2D eigenvalue weighted by atomic mass is 19.1. The quantitative estimate of drug-likeness (QED) is 0.737. The minimum absolute atomic E-state index is 0.0540. The van der Waals surface area contributed by atoms with Crippen molar-refractivity contribution in [3.05, 3.63) is 35.1 Å². The zero-order chi connectivity index (χ0) is 12.7. The molecule has 3 aliphatic rings. The van der Waals surface area contributed by atoms with Crippen molar-refractivity contribution in [2.75, 3.05) is 32.7 Å². The normalized spacial score (nSPS) is 30.4. The molecule has 3 nitrogen and oxygen atoms in total. The molecule has 1 aromatic rings. The fourth-order valence-electron chi connectivity index (χ4n) is 2.80. The summed E-state index contributed by atoms with van der Waals surface area (Å²) >= 11 is 0. The second-order valence-corrected chi connectivity index (χ2v) is 5.18. The molecule has 4 heteroatoms. The number of fused-ring (bicyclic) bond motifs is 3. The summed E-state index contributed by atoms with van der Waals surface area (Å²) < 4.78 is 13.5. The largest absolute Gasteiger partial charge is 0.299 e. The van der Waals surface area contributed by atoms with Crippen LogP contribution in [-0.4, -0.2) is 54.3 Å². The van der Waals surface area contributed by atoms with E-state index in [0.717, 1.165) is 32.7 Å². The average Bonchev–Trinajstić information content (AvgIpc) is 2.42. The third-order valence-electron chi connectivity index (χ3n) is 4.04. The molecule has 0 amide bonds. The van der Waals surface area contributed by atoms with Gasteiger partial charge in [0.1, 0.15) is 5.82 Å². The van der Waals surface area contributed by atoms with E-state index in [1.807, 2.05) is 0 Å². The van der Waals surface area contributed by atoms with E-state index < -0.39 is 0 Å². The van der Waals surface area contributed by atoms with Gasteiger partial charge in [-0.1, -0.05) is 12.1 Å². The zero-order valence-corrected chi connectivity index (χ0v) is 10.5. The van der Waals surface area contributed by atoms with Gasteiger partial charge >= 0.3 is 0 Å². The third kappa shape index (κ3) is 1.95. The van der Waals surface area contributed by atoms with Gasteiger partial charge in [-0.3, -0.25) is 14.6 Å². The lowest BCUT2D eigenvalue weighted by Gasteiger charge is -2.46. The molecule has 1 atom stereocenters. The van der Waals surface area contributed by atoms with Crippen LogP contribution in [0.2, 0.25) is 0 Å². The average molecular weight is 248 g/mol. The lowest BCUT2D eigenvalue weighted by Crippen LogP contribution is -2.63. The maximum Gasteiger partial charge on any atom is 0.181 e. The molecular formula is C14H17FN2O. The highest BCUT2D eigenvalue weighted by Gasteiger charge is 2.36. The monoisotopic (exact) mass is 248 g/mol. The van der Waals surface area contributed by atoms with Crippen LogP contribution >= 0.6 is 0 Å². The second-order valence-electron chi connectivity index (χ2n) is 5.18. The van der Waals surface area contributed by atoms with Gasteiger partial charge in [0.15, 0.2) is 5.78 Å². The number of aryl methyl sites for hydroxylation is 1. The summed E-state index contributed by atoms with van der Waals surface area (Å²) in [5.41, 5.74) is 1.08. The molecule has 1 aromatic carbocycles. The maximum atomic E-state index is 13.5. The smallest absolute Gasteiger partial charge is 0.181 e. The predicted octanol–water partition coefficient (Wildman–Crippen LogP) is 1.32. The summed E-state index contributed by atoms with van der Waals surface area (Å²) in [6.07, 6.45) is 0. The van der Waals surface area contributed by atoms with Crippen LogP contribution in [0.3, 0.4) is 0 Å². The number of ketones is 1. The van der Waals surface area contributed by atoms with Crippen LogP contribution < -0.4 is 0 Å². The first kappa shape index (κ1) is 11.8. The maximum absolute atomic E-state index is 13.5. The van der Waals surface area contributed by atoms with Gasteiger partial charge < -0.3 is 0 Å². The lowest BCUT2D eigenvalue weighted by atomic mass is 9.97. The van der Waals surface area contributed by atoms with Gasteiger partial charge in [-0.25, -0.2) is 4.39 Å². The van der Waals surface area contributed by atoms with Crippen LogP contribution in [0.25, 0.3) is 0 Å². The van der Waals surface area contributed by atoms with Crippen molar-refractivity contribution in [1.82, 2.24) is 9.80 Å². The topological polar surface area (TPSA) is 23.6 Å². The summed E-state index contributed by atoms with van der Waals surface area (Å²) in [5, 5.41) is 0. The SMILES string of the molecule is Cc1ccc(C(=O)C2CN3CCN2CC3)cc1F. The van der Waals surface area contributed by atoms with Crippen LogP contribution in [0.4, 0.5) is 4.39 Å². The highest BCUT2D eigenvalue weighted by molar-refractivity contribution is 6.00. The Bertz CT molecular complexity index is 481. The Kier molecular flexibility index (Phi) is 2.92. The van der Waals surface area contributed by atoms with Gasteiger partial charge in [0.25, 0.3) is 0 Å². The molecule has 3 heterocycles. The van der Waals surface area contributed by atoms with E-state index in [9.17, 15) is 9.18 Å². The number of carbonyl (C=O) groups is 1. The number of halogens is 1. The molecule has 0 spiro atoms. The molecule has 2 bridgehead atoms. The molecule has 0 N–H and O–H groups in total. The van der Waals surface area contributed by atoms with Crippen molar-refractivity contribution < 1.29 is 9.18 Å². The number of Topliss-reactive ketones (excluding diaryl/α,β-unsaturated/α-hetero) is 1. The third-order valence-corrected chi connectivity index (χ3v) is 4.04. The van der Waals surface area contributed by atoms with E-state index in [1.165, 1.54) is 6.07 Å². The van der Waals surface area contributed by atoms with E-state index >= 15 is 0 Å². The van der Waals surface area contributed by atoms with Gasteiger partial charge in [0.2, 0.25) is 0 Å². The van der Waals surface area contributed by atoms with Crippen LogP contribution in [0, 0.1) is 12.7 Å². The van der Waals surface area contributed by atoms with Crippen LogP contribution in [-0.2, 0) is 0 Å². The molecule has 3 saturated heterocycles. The van der Waals surface area contributed by atoms with Gasteiger partial charge in [0, 0.05) is 38.3 Å². The number of hydrogen-bond donors (Lipinski definition) is 0. The van der Waals surface area contributed by atoms with Crippen LogP contribution in [0.5, 0.6) is 0 Å². The van der Waals surface area contributed by atoms with Gasteiger partial charge in [-0.2, -0.15) is 0 Å². The molecule has 3 fully saturated rings. The lowest BCUT2D eigenvalue weighted by molar-refractivity contribution is 0.0159. The van der Waals surface area contributed by atoms with Crippen LogP contribution in [0.15, 0.2) is 18.2 Å². The van der Waals surface area contributed by atoms with Gasteiger partial charge in [-0.05, 0) is 18.6 Å². The molecule has 0 aliphatic carbocycles. The molecular weight excluding hydrogens is 231 g/mol. The Labute approximate surface area is 106 Å². The molecule has 3 aliphatic heterocycles. The van der Waals surface area contributed by atoms with Crippen molar-refractivity contribution in [3.63, 3.8) is 0 Å². The predicted molar refractivity (Wildman–Crippen MR) is 67.3 cm³/mol. The molecule has 4 rings (SSSR count). The summed E-state index contributed by atoms with van der Waals surface area (Å²) in [6, 6.07) is 4.70. The molecule has 0 aromatic heterocycles. The van der Waals surface area contributed by atoms with Crippen LogP contribution in [0.1, 0.15) is 15.9 Å². The van der Waals surface area contributed by atoms with E-state index in [2.05, 4.69) is 9.80 Å². The summed E-state index contributed by atoms with van der Waals surface area (Å²) in [6.45, 7) is 6.49. The Morgan fingerprint density at radius 1 is 1.28 bits per heavy atom. The minimum atomic E-state index is -0.294. The number of carbonyl (C=O) groups excluding carboxylic acids is 1. The summed E-state index contributed by atoms with van der Waals surface area (Å²) in [4.78, 5) is 17.0. The van der Waals surface area contributed by atoms with E-state index in [4.69, 9.17) is 0 Å². The first-order valence-corrected chi connectivity index (χ1v) is 6.42. The summed E-state index contributed by atoms with van der Waals surface area (Å²) in [5.74, 6) is -0.240. The molecule has 0 saturated carbocycles. The Morgan fingerprint density at radius 2 is 2.00 bits per heavy atom. The minimum Gasteiger partial charge on any atom is -0.299 e. The van der Waals surface area contributed by atoms with Crippen molar-refractivity contribution in [3.8, 4) is 0 Å². The number of piperazine rings is 3. The van der Waals surface area contributed by atoms with E-state index in [1.54, 1.807) is 19.1 Å². The molecule has 1 unspecified atom stereocenters. The van der Waals surface area contributed by atoms with Crippen molar-refractivity contribution in [2.45, 2.75) is 13.0 Å². The Morgan fingerprint density at radius 3 is 2.56 bits per heavy atom. The number of hydrogen-bond acceptors (Lipinski definition) is 3. The second kappa shape index (κ2) is 4.44. The van der Waals surface area contributed by atoms with E-state index in [-0.39, 0.29) is 17.6 Å². The highest BCUT2D eigenvalue weighted by Crippen LogP contribution is 2.20. The first-order chi connectivity index (χ1) is 8.65. The first-order valence-electron chi connectivity index (χ1n) is 6.42. The van der Waals surface area contributed by atoms with Crippen molar-refractivity contribution in [1.29, 1.82) is 0 Å². The van der Waals surface area contributed by atoms with E-state index in [0.29, 0.717) is 11.1 Å². The fraction of sp³-hybridized carbons (Fsp3) is 0.500. The molecule has 96 valence electrons. The standard InChI is InChI=1S/C14H17FN2O/c1-10-2-3-11(8-12(10)15)14(18)13-9-16-4-6-17(13)7-5-16/h2-3,8,13H,4-7,9H2,1H3. The number of nitrogens with zero attached hydrogens (tertiary/aromatic N) is 2. The van der Waals surface area contributed by atoms with Gasteiger partial charge in [0.05, 0.1) is 6.04 Å². The van der Waals surface area contributed by atoms with Crippen molar-refractivity contribution >= 4 is 5.78 Å². The Balaban J connectivity index is 1.84.